The van der Waals surface area contributed by atoms with E-state index in [1.807, 2.05) is 0 Å². The second-order valence-electron chi connectivity index (χ2n) is 7.02. The van der Waals surface area contributed by atoms with Crippen molar-refractivity contribution in [3.63, 3.8) is 0 Å². The lowest BCUT2D eigenvalue weighted by molar-refractivity contribution is -0.125. The molecule has 1 aromatic carbocycles. The molecule has 0 saturated carbocycles. The van der Waals surface area contributed by atoms with Crippen LogP contribution in [0.5, 0.6) is 0 Å². The molecule has 9 heteroatoms. The predicted molar refractivity (Wildman–Crippen MR) is 91.5 cm³/mol. The number of fused-ring (bicyclic) bond motifs is 8. The summed E-state index contributed by atoms with van der Waals surface area (Å²) in [6.07, 6.45) is 0.145. The molecule has 0 aliphatic carbocycles. The molecule has 2 aromatic rings. The minimum absolute atomic E-state index is 0.255. The van der Waals surface area contributed by atoms with E-state index in [2.05, 4.69) is 10.1 Å². The molecule has 2 amide bonds. The standard InChI is InChI=1S/C18H12FN3O4S/c19-8-3-1-7(2-4-8)12-11-13-9-10(14(25-13)15(11)26-21-12)17(24)22(16(9)23)18-20-5-6-27-18/h1-6,9-11,13-15H/t9-,10+,11-,13-,14+,15-/m1/s1. The first-order valence-electron chi connectivity index (χ1n) is 8.57. The Morgan fingerprint density at radius 1 is 1.00 bits per heavy atom. The lowest BCUT2D eigenvalue weighted by Crippen LogP contribution is -2.45. The first-order chi connectivity index (χ1) is 13.1. The summed E-state index contributed by atoms with van der Waals surface area (Å²) in [7, 11) is 0. The molecule has 6 atom stereocenters. The van der Waals surface area contributed by atoms with Crippen LogP contribution in [0.1, 0.15) is 5.56 Å². The van der Waals surface area contributed by atoms with Crippen LogP contribution in [0.3, 0.4) is 0 Å². The number of hydrogen-bond donors (Lipinski definition) is 0. The van der Waals surface area contributed by atoms with Gasteiger partial charge in [-0.1, -0.05) is 17.3 Å². The Morgan fingerprint density at radius 3 is 2.44 bits per heavy atom. The number of halogens is 1. The van der Waals surface area contributed by atoms with E-state index in [1.165, 1.54) is 28.4 Å². The van der Waals surface area contributed by atoms with Crippen LogP contribution < -0.4 is 4.90 Å². The summed E-state index contributed by atoms with van der Waals surface area (Å²) >= 11 is 1.25. The van der Waals surface area contributed by atoms with Gasteiger partial charge in [0.1, 0.15) is 11.9 Å². The summed E-state index contributed by atoms with van der Waals surface area (Å²) in [6, 6.07) is 5.98. The van der Waals surface area contributed by atoms with E-state index in [0.717, 1.165) is 5.56 Å². The molecular formula is C18H12FN3O4S. The van der Waals surface area contributed by atoms with Crippen molar-refractivity contribution in [1.29, 1.82) is 0 Å². The zero-order chi connectivity index (χ0) is 18.3. The van der Waals surface area contributed by atoms with Gasteiger partial charge in [-0.05, 0) is 12.1 Å². The van der Waals surface area contributed by atoms with Crippen LogP contribution in [0.4, 0.5) is 9.52 Å². The molecule has 6 rings (SSSR count). The number of hydrogen-bond acceptors (Lipinski definition) is 7. The third-order valence-electron chi connectivity index (χ3n) is 5.79. The van der Waals surface area contributed by atoms with Gasteiger partial charge >= 0.3 is 0 Å². The second kappa shape index (κ2) is 5.20. The molecule has 136 valence electrons. The van der Waals surface area contributed by atoms with Crippen LogP contribution in [0.2, 0.25) is 0 Å². The van der Waals surface area contributed by atoms with Crippen molar-refractivity contribution in [2.75, 3.05) is 4.90 Å². The number of benzene rings is 1. The maximum absolute atomic E-state index is 13.3. The topological polar surface area (TPSA) is 81.1 Å². The summed E-state index contributed by atoms with van der Waals surface area (Å²) in [5, 5.41) is 6.29. The third kappa shape index (κ3) is 1.87. The quantitative estimate of drug-likeness (QED) is 0.734. The van der Waals surface area contributed by atoms with Crippen LogP contribution >= 0.6 is 11.3 Å². The Balaban J connectivity index is 1.37. The number of imide groups is 1. The zero-order valence-corrected chi connectivity index (χ0v) is 14.5. The molecule has 27 heavy (non-hydrogen) atoms. The molecule has 0 radical (unpaired) electrons. The Morgan fingerprint density at radius 2 is 1.74 bits per heavy atom. The number of carbonyl (C=O) groups excluding carboxylic acids is 2. The summed E-state index contributed by atoms with van der Waals surface area (Å²) in [4.78, 5) is 36.8. The normalized spacial score (nSPS) is 36.0. The average molecular weight is 385 g/mol. The van der Waals surface area contributed by atoms with Gasteiger partial charge in [0.25, 0.3) is 0 Å². The maximum Gasteiger partial charge on any atom is 0.242 e. The number of amides is 2. The highest BCUT2D eigenvalue weighted by Gasteiger charge is 2.72. The van der Waals surface area contributed by atoms with E-state index in [9.17, 15) is 14.0 Å². The number of thiazole rings is 1. The van der Waals surface area contributed by atoms with Gasteiger partial charge in [0.05, 0.1) is 29.6 Å². The van der Waals surface area contributed by atoms with Crippen molar-refractivity contribution >= 4 is 34.0 Å². The lowest BCUT2D eigenvalue weighted by Gasteiger charge is -2.26. The Kier molecular flexibility index (Phi) is 2.97. The Hall–Kier alpha value is -2.65. The van der Waals surface area contributed by atoms with Gasteiger partial charge < -0.3 is 9.57 Å². The fourth-order valence-corrected chi connectivity index (χ4v) is 5.38. The van der Waals surface area contributed by atoms with E-state index in [-0.39, 0.29) is 23.5 Å². The predicted octanol–water partition coefficient (Wildman–Crippen LogP) is 1.59. The Bertz CT molecular complexity index is 993. The Labute approximate surface area is 156 Å². The molecule has 5 heterocycles. The molecule has 4 aliphatic rings. The van der Waals surface area contributed by atoms with Crippen molar-refractivity contribution in [1.82, 2.24) is 4.98 Å². The number of oxime groups is 1. The average Bonchev–Trinajstić information content (AvgIpc) is 3.43. The molecule has 0 unspecified atom stereocenters. The van der Waals surface area contributed by atoms with Crippen molar-refractivity contribution in [2.24, 2.45) is 22.9 Å². The fourth-order valence-electron chi connectivity index (χ4n) is 4.73. The third-order valence-corrected chi connectivity index (χ3v) is 6.55. The molecule has 4 aliphatic heterocycles. The number of ether oxygens (including phenoxy) is 1. The molecule has 0 N–H and O–H groups in total. The van der Waals surface area contributed by atoms with Crippen LogP contribution in [0, 0.1) is 23.6 Å². The van der Waals surface area contributed by atoms with Crippen molar-refractivity contribution in [2.45, 2.75) is 18.3 Å². The monoisotopic (exact) mass is 385 g/mol. The highest BCUT2D eigenvalue weighted by molar-refractivity contribution is 7.14. The SMILES string of the molecule is O=C1[C@@H]2[C@@H]3O[C@@H]([C@H]4C(c5ccc(F)cc5)=NO[C@@H]34)[C@@H]2C(=O)N1c1nccs1. The summed E-state index contributed by atoms with van der Waals surface area (Å²) in [5.74, 6) is -2.30. The second-order valence-corrected chi connectivity index (χ2v) is 7.90. The summed E-state index contributed by atoms with van der Waals surface area (Å²) in [6.45, 7) is 0. The zero-order valence-electron chi connectivity index (χ0n) is 13.7. The molecule has 0 spiro atoms. The largest absolute Gasteiger partial charge is 0.389 e. The van der Waals surface area contributed by atoms with Crippen LogP contribution in [0.25, 0.3) is 0 Å². The lowest BCUT2D eigenvalue weighted by atomic mass is 9.71. The van der Waals surface area contributed by atoms with Gasteiger partial charge in [0.2, 0.25) is 11.8 Å². The van der Waals surface area contributed by atoms with E-state index in [4.69, 9.17) is 9.57 Å². The minimum atomic E-state index is -0.574. The summed E-state index contributed by atoms with van der Waals surface area (Å²) < 4.78 is 19.3. The van der Waals surface area contributed by atoms with Gasteiger partial charge in [0.15, 0.2) is 11.2 Å². The number of nitrogens with zero attached hydrogens (tertiary/aromatic N) is 3. The minimum Gasteiger partial charge on any atom is -0.389 e. The number of aromatic nitrogens is 1. The van der Waals surface area contributed by atoms with Crippen LogP contribution in [-0.2, 0) is 19.2 Å². The maximum atomic E-state index is 13.3. The molecule has 3 saturated heterocycles. The molecular weight excluding hydrogens is 373 g/mol. The fraction of sp³-hybridized carbons (Fsp3) is 0.333. The first kappa shape index (κ1) is 15.4. The van der Waals surface area contributed by atoms with Gasteiger partial charge in [-0.15, -0.1) is 11.3 Å². The van der Waals surface area contributed by atoms with E-state index in [0.29, 0.717) is 10.8 Å². The van der Waals surface area contributed by atoms with E-state index in [1.54, 1.807) is 23.7 Å². The number of carbonyl (C=O) groups is 2. The van der Waals surface area contributed by atoms with Gasteiger partial charge in [-0.2, -0.15) is 0 Å². The van der Waals surface area contributed by atoms with E-state index < -0.39 is 30.1 Å². The van der Waals surface area contributed by atoms with Crippen LogP contribution in [-0.4, -0.2) is 40.8 Å². The van der Waals surface area contributed by atoms with Crippen LogP contribution in [0.15, 0.2) is 41.0 Å². The smallest absolute Gasteiger partial charge is 0.242 e. The molecule has 3 fully saturated rings. The highest BCUT2D eigenvalue weighted by Crippen LogP contribution is 2.55. The van der Waals surface area contributed by atoms with Crippen molar-refractivity contribution < 1.29 is 23.6 Å². The summed E-state index contributed by atoms with van der Waals surface area (Å²) in [5.41, 5.74) is 1.36. The first-order valence-corrected chi connectivity index (χ1v) is 9.45. The van der Waals surface area contributed by atoms with Gasteiger partial charge in [-0.3, -0.25) is 9.59 Å². The van der Waals surface area contributed by atoms with E-state index >= 15 is 0 Å². The molecule has 2 bridgehead atoms. The molecule has 1 aromatic heterocycles. The number of anilines is 1. The van der Waals surface area contributed by atoms with Gasteiger partial charge in [0, 0.05) is 17.1 Å². The van der Waals surface area contributed by atoms with Gasteiger partial charge in [-0.25, -0.2) is 14.3 Å². The van der Waals surface area contributed by atoms with Crippen molar-refractivity contribution in [3.05, 3.63) is 47.2 Å². The number of rotatable bonds is 2. The van der Waals surface area contributed by atoms with Crippen molar-refractivity contribution in [3.8, 4) is 0 Å². The highest BCUT2D eigenvalue weighted by atomic mass is 32.1. The molecule has 7 nitrogen and oxygen atoms in total.